The van der Waals surface area contributed by atoms with Gasteiger partial charge in [0.15, 0.2) is 0 Å². The number of hydrogen-bond acceptors (Lipinski definition) is 6. The Hall–Kier alpha value is -1.59. The van der Waals surface area contributed by atoms with Crippen molar-refractivity contribution in [2.24, 2.45) is 5.92 Å². The van der Waals surface area contributed by atoms with Crippen molar-refractivity contribution in [3.8, 4) is 6.01 Å². The summed E-state index contributed by atoms with van der Waals surface area (Å²) in [5, 5.41) is 6.35. The van der Waals surface area contributed by atoms with Crippen LogP contribution >= 0.6 is 0 Å². The highest BCUT2D eigenvalue weighted by Gasteiger charge is 2.25. The molecule has 0 aromatic carbocycles. The summed E-state index contributed by atoms with van der Waals surface area (Å²) in [6, 6.07) is 0.782. The summed E-state index contributed by atoms with van der Waals surface area (Å²) in [5.74, 6) is 2.00. The second-order valence-corrected chi connectivity index (χ2v) is 5.61. The third-order valence-corrected chi connectivity index (χ3v) is 3.32. The smallest absolute Gasteiger partial charge is 0.323 e. The Balaban J connectivity index is 2.07. The largest absolute Gasteiger partial charge is 0.461 e. The number of anilines is 2. The third kappa shape index (κ3) is 4.51. The molecule has 1 atom stereocenters. The minimum atomic E-state index is 0.0448. The van der Waals surface area contributed by atoms with Crippen molar-refractivity contribution in [3.63, 3.8) is 0 Å². The molecule has 1 aliphatic rings. The number of nitrogens with one attached hydrogen (secondary N) is 2. The normalized spacial score (nSPS) is 16.1. The van der Waals surface area contributed by atoms with Gasteiger partial charge in [0.05, 0.1) is 6.10 Å². The van der Waals surface area contributed by atoms with Crippen molar-refractivity contribution in [1.82, 2.24) is 15.0 Å². The highest BCUT2D eigenvalue weighted by atomic mass is 16.5. The van der Waals surface area contributed by atoms with Crippen LogP contribution in [0.3, 0.4) is 0 Å². The van der Waals surface area contributed by atoms with Crippen molar-refractivity contribution in [3.05, 3.63) is 0 Å². The van der Waals surface area contributed by atoms with Crippen LogP contribution in [0, 0.1) is 5.92 Å². The Morgan fingerprint density at radius 2 is 1.90 bits per heavy atom. The maximum atomic E-state index is 5.56. The van der Waals surface area contributed by atoms with Crippen LogP contribution in [0.2, 0.25) is 0 Å². The van der Waals surface area contributed by atoms with Crippen LogP contribution < -0.4 is 15.4 Å². The highest BCUT2D eigenvalue weighted by molar-refractivity contribution is 5.36. The van der Waals surface area contributed by atoms with E-state index in [9.17, 15) is 0 Å². The topological polar surface area (TPSA) is 72.0 Å². The molecular weight excluding hydrogens is 254 g/mol. The van der Waals surface area contributed by atoms with E-state index in [1.165, 1.54) is 19.3 Å². The zero-order valence-electron chi connectivity index (χ0n) is 12.8. The molecule has 2 N–H and O–H groups in total. The molecule has 112 valence electrons. The fraction of sp³-hybridized carbons (Fsp3) is 0.786. The number of aromatic nitrogens is 3. The number of rotatable bonds is 8. The van der Waals surface area contributed by atoms with Crippen LogP contribution in [-0.2, 0) is 0 Å². The van der Waals surface area contributed by atoms with E-state index in [2.05, 4.69) is 32.5 Å². The molecule has 0 amide bonds. The lowest BCUT2D eigenvalue weighted by Gasteiger charge is -2.17. The lowest BCUT2D eigenvalue weighted by Crippen LogP contribution is -2.22. The Kier molecular flexibility index (Phi) is 4.98. The van der Waals surface area contributed by atoms with Gasteiger partial charge in [0.25, 0.3) is 0 Å². The van der Waals surface area contributed by atoms with Crippen molar-refractivity contribution < 1.29 is 4.74 Å². The number of ether oxygens (including phenoxy) is 1. The van der Waals surface area contributed by atoms with E-state index >= 15 is 0 Å². The van der Waals surface area contributed by atoms with Gasteiger partial charge in [0.1, 0.15) is 0 Å². The fourth-order valence-corrected chi connectivity index (χ4v) is 2.06. The molecule has 0 spiro atoms. The summed E-state index contributed by atoms with van der Waals surface area (Å²) >= 11 is 0. The molecular formula is C14H25N5O. The Morgan fingerprint density at radius 1 is 1.20 bits per heavy atom. The Labute approximate surface area is 120 Å². The lowest BCUT2D eigenvalue weighted by atomic mass is 10.1. The second kappa shape index (κ2) is 6.72. The standard InChI is InChI=1S/C14H25N5O/c1-5-11(8-10-6-7-10)16-13-17-12(15-4)18-14(19-13)20-9(2)3/h9-11H,5-8H2,1-4H3,(H2,15,16,17,18,19). The number of hydrogen-bond donors (Lipinski definition) is 2. The zero-order valence-corrected chi connectivity index (χ0v) is 12.8. The Morgan fingerprint density at radius 3 is 2.45 bits per heavy atom. The predicted octanol–water partition coefficient (Wildman–Crippen LogP) is 2.69. The summed E-state index contributed by atoms with van der Waals surface area (Å²) in [7, 11) is 1.79. The molecule has 1 aromatic rings. The van der Waals surface area contributed by atoms with E-state index in [0.29, 0.717) is 23.9 Å². The van der Waals surface area contributed by atoms with Gasteiger partial charge in [0, 0.05) is 13.1 Å². The second-order valence-electron chi connectivity index (χ2n) is 5.61. The first kappa shape index (κ1) is 14.8. The van der Waals surface area contributed by atoms with Gasteiger partial charge in [-0.25, -0.2) is 0 Å². The van der Waals surface area contributed by atoms with E-state index in [1.807, 2.05) is 13.8 Å². The summed E-state index contributed by atoms with van der Waals surface area (Å²) in [6.07, 6.45) is 5.02. The van der Waals surface area contributed by atoms with E-state index < -0.39 is 0 Å². The maximum Gasteiger partial charge on any atom is 0.323 e. The number of nitrogens with zero attached hydrogens (tertiary/aromatic N) is 3. The monoisotopic (exact) mass is 279 g/mol. The molecule has 0 saturated heterocycles. The minimum Gasteiger partial charge on any atom is -0.461 e. The summed E-state index contributed by atoms with van der Waals surface area (Å²) in [5.41, 5.74) is 0. The van der Waals surface area contributed by atoms with Gasteiger partial charge in [-0.3, -0.25) is 0 Å². The molecule has 0 radical (unpaired) electrons. The molecule has 6 heteroatoms. The van der Waals surface area contributed by atoms with Gasteiger partial charge in [-0.15, -0.1) is 0 Å². The summed E-state index contributed by atoms with van der Waals surface area (Å²) < 4.78 is 5.56. The van der Waals surface area contributed by atoms with Crippen LogP contribution in [0.1, 0.15) is 46.5 Å². The van der Waals surface area contributed by atoms with Gasteiger partial charge in [-0.1, -0.05) is 19.8 Å². The van der Waals surface area contributed by atoms with E-state index in [1.54, 1.807) is 7.05 Å². The maximum absolute atomic E-state index is 5.56. The van der Waals surface area contributed by atoms with Crippen molar-refractivity contribution >= 4 is 11.9 Å². The van der Waals surface area contributed by atoms with Crippen molar-refractivity contribution in [1.29, 1.82) is 0 Å². The SMILES string of the molecule is CCC(CC1CC1)Nc1nc(NC)nc(OC(C)C)n1. The predicted molar refractivity (Wildman–Crippen MR) is 80.2 cm³/mol. The fourth-order valence-electron chi connectivity index (χ4n) is 2.06. The molecule has 2 rings (SSSR count). The molecule has 20 heavy (non-hydrogen) atoms. The summed E-state index contributed by atoms with van der Waals surface area (Å²) in [4.78, 5) is 12.9. The van der Waals surface area contributed by atoms with Gasteiger partial charge >= 0.3 is 6.01 Å². The molecule has 1 aromatic heterocycles. The molecule has 6 nitrogen and oxygen atoms in total. The van der Waals surface area contributed by atoms with Gasteiger partial charge in [-0.2, -0.15) is 15.0 Å². The molecule has 0 bridgehead atoms. The van der Waals surface area contributed by atoms with Gasteiger partial charge in [0.2, 0.25) is 11.9 Å². The average Bonchev–Trinajstić information content (AvgIpc) is 3.20. The first-order valence-electron chi connectivity index (χ1n) is 7.47. The first-order chi connectivity index (χ1) is 9.60. The van der Waals surface area contributed by atoms with Crippen LogP contribution in [0.4, 0.5) is 11.9 Å². The van der Waals surface area contributed by atoms with Crippen molar-refractivity contribution in [2.75, 3.05) is 17.7 Å². The van der Waals surface area contributed by atoms with Gasteiger partial charge in [-0.05, 0) is 32.6 Å². The van der Waals surface area contributed by atoms with Gasteiger partial charge < -0.3 is 15.4 Å². The average molecular weight is 279 g/mol. The molecule has 1 fully saturated rings. The van der Waals surface area contributed by atoms with Crippen LogP contribution in [0.25, 0.3) is 0 Å². The van der Waals surface area contributed by atoms with Crippen LogP contribution in [0.15, 0.2) is 0 Å². The van der Waals surface area contributed by atoms with Crippen molar-refractivity contribution in [2.45, 2.75) is 58.6 Å². The molecule has 0 aliphatic heterocycles. The van der Waals surface area contributed by atoms with E-state index in [0.717, 1.165) is 12.3 Å². The van der Waals surface area contributed by atoms with E-state index in [4.69, 9.17) is 4.74 Å². The third-order valence-electron chi connectivity index (χ3n) is 3.32. The molecule has 1 unspecified atom stereocenters. The Bertz CT molecular complexity index is 434. The van der Waals surface area contributed by atoms with E-state index in [-0.39, 0.29) is 6.10 Å². The lowest BCUT2D eigenvalue weighted by molar-refractivity contribution is 0.222. The highest BCUT2D eigenvalue weighted by Crippen LogP contribution is 2.34. The first-order valence-corrected chi connectivity index (χ1v) is 7.47. The quantitative estimate of drug-likeness (QED) is 0.762. The van der Waals surface area contributed by atoms with Crippen LogP contribution in [0.5, 0.6) is 6.01 Å². The molecule has 1 heterocycles. The zero-order chi connectivity index (χ0) is 14.5. The molecule has 1 saturated carbocycles. The molecule has 1 aliphatic carbocycles. The summed E-state index contributed by atoms with van der Waals surface area (Å²) in [6.45, 7) is 6.10. The van der Waals surface area contributed by atoms with Crippen LogP contribution in [-0.4, -0.2) is 34.1 Å². The minimum absolute atomic E-state index is 0.0448.